The molecule has 2 aromatic heterocycles. The third-order valence-corrected chi connectivity index (χ3v) is 4.22. The van der Waals surface area contributed by atoms with Gasteiger partial charge in [-0.3, -0.25) is 4.79 Å². The number of nitrogens with one attached hydrogen (secondary N) is 1. The highest BCUT2D eigenvalue weighted by Crippen LogP contribution is 2.28. The summed E-state index contributed by atoms with van der Waals surface area (Å²) in [6.07, 6.45) is 1.79. The van der Waals surface area contributed by atoms with E-state index in [0.29, 0.717) is 18.7 Å². The Bertz CT molecular complexity index is 766. The second kappa shape index (κ2) is 10.2. The number of unbranched alkanes of at least 4 members (excludes halogenated alkanes) is 1. The van der Waals surface area contributed by atoms with E-state index in [4.69, 9.17) is 10.7 Å². The molecule has 0 spiro atoms. The Morgan fingerprint density at radius 1 is 1.26 bits per heavy atom. The fourth-order valence-corrected chi connectivity index (χ4v) is 2.82. The van der Waals surface area contributed by atoms with E-state index in [1.54, 1.807) is 0 Å². The highest BCUT2D eigenvalue weighted by molar-refractivity contribution is 6.06. The van der Waals surface area contributed by atoms with Crippen LogP contribution in [0.5, 0.6) is 0 Å². The highest BCUT2D eigenvalue weighted by atomic mass is 35.5. The molecule has 6 nitrogen and oxygen atoms in total. The summed E-state index contributed by atoms with van der Waals surface area (Å²) in [5.74, 6) is 0.166. The molecule has 0 atom stereocenters. The molecule has 0 aliphatic heterocycles. The van der Waals surface area contributed by atoms with Gasteiger partial charge in [0.05, 0.1) is 22.2 Å². The molecule has 0 bridgehead atoms. The summed E-state index contributed by atoms with van der Waals surface area (Å²) in [6.45, 7) is 13.7. The van der Waals surface area contributed by atoms with Gasteiger partial charge in [0.25, 0.3) is 5.91 Å². The molecule has 27 heavy (non-hydrogen) atoms. The standard InChI is InChI=1S/C19H31N5O.2ClH/c1-12(2)15-11-14(18(25)21-10-8-7-9-20)16-13(3)23-24(17(16)22-15)19(4,5)6;;/h11-12H,7-10,20H2,1-6H3,(H,21,25);2*1H. The minimum Gasteiger partial charge on any atom is -0.352 e. The zero-order valence-electron chi connectivity index (χ0n) is 17.1. The summed E-state index contributed by atoms with van der Waals surface area (Å²) >= 11 is 0. The number of pyridine rings is 1. The molecule has 2 aromatic rings. The van der Waals surface area contributed by atoms with Crippen molar-refractivity contribution in [3.63, 3.8) is 0 Å². The van der Waals surface area contributed by atoms with Crippen molar-refractivity contribution in [1.29, 1.82) is 0 Å². The molecule has 0 aromatic carbocycles. The molecule has 0 fully saturated rings. The molecule has 0 aliphatic rings. The largest absolute Gasteiger partial charge is 0.352 e. The zero-order chi connectivity index (χ0) is 18.8. The summed E-state index contributed by atoms with van der Waals surface area (Å²) in [4.78, 5) is 17.6. The van der Waals surface area contributed by atoms with Crippen LogP contribution in [-0.4, -0.2) is 33.8 Å². The van der Waals surface area contributed by atoms with Gasteiger partial charge >= 0.3 is 0 Å². The van der Waals surface area contributed by atoms with Crippen LogP contribution < -0.4 is 11.1 Å². The summed E-state index contributed by atoms with van der Waals surface area (Å²) < 4.78 is 1.93. The molecule has 0 unspecified atom stereocenters. The van der Waals surface area contributed by atoms with E-state index in [1.165, 1.54) is 0 Å². The van der Waals surface area contributed by atoms with E-state index in [0.717, 1.165) is 35.3 Å². The van der Waals surface area contributed by atoms with Crippen LogP contribution >= 0.6 is 24.8 Å². The lowest BCUT2D eigenvalue weighted by atomic mass is 10.0. The molecule has 2 rings (SSSR count). The normalized spacial score (nSPS) is 11.3. The molecule has 2 heterocycles. The molecule has 0 radical (unpaired) electrons. The summed E-state index contributed by atoms with van der Waals surface area (Å²) in [7, 11) is 0. The van der Waals surface area contributed by atoms with Crippen molar-refractivity contribution >= 4 is 41.8 Å². The number of halogens is 2. The monoisotopic (exact) mass is 417 g/mol. The van der Waals surface area contributed by atoms with Crippen molar-refractivity contribution in [3.8, 4) is 0 Å². The first-order chi connectivity index (χ1) is 11.7. The number of aromatic nitrogens is 3. The van der Waals surface area contributed by atoms with E-state index in [2.05, 4.69) is 45.0 Å². The van der Waals surface area contributed by atoms with Gasteiger partial charge in [0, 0.05) is 12.2 Å². The predicted molar refractivity (Wildman–Crippen MR) is 116 cm³/mol. The first kappa shape index (κ1) is 25.6. The molecule has 0 saturated heterocycles. The fourth-order valence-electron chi connectivity index (χ4n) is 2.82. The minimum absolute atomic E-state index is 0. The van der Waals surface area contributed by atoms with Crippen LogP contribution in [0.4, 0.5) is 0 Å². The average molecular weight is 418 g/mol. The third kappa shape index (κ3) is 5.80. The number of fused-ring (bicyclic) bond motifs is 1. The van der Waals surface area contributed by atoms with Crippen LogP contribution in [0.15, 0.2) is 6.07 Å². The van der Waals surface area contributed by atoms with Gasteiger partial charge in [-0.1, -0.05) is 13.8 Å². The van der Waals surface area contributed by atoms with Crippen LogP contribution in [0, 0.1) is 6.92 Å². The lowest BCUT2D eigenvalue weighted by molar-refractivity contribution is 0.0954. The quantitative estimate of drug-likeness (QED) is 0.696. The second-order valence-electron chi connectivity index (χ2n) is 7.87. The maximum Gasteiger partial charge on any atom is 0.252 e. The zero-order valence-corrected chi connectivity index (χ0v) is 18.8. The summed E-state index contributed by atoms with van der Waals surface area (Å²) in [5, 5.41) is 8.52. The first-order valence-corrected chi connectivity index (χ1v) is 9.05. The number of nitrogens with zero attached hydrogens (tertiary/aromatic N) is 3. The number of rotatable bonds is 6. The third-order valence-electron chi connectivity index (χ3n) is 4.22. The number of hydrogen-bond acceptors (Lipinski definition) is 4. The average Bonchev–Trinajstić information content (AvgIpc) is 2.88. The predicted octanol–water partition coefficient (Wildman–Crippen LogP) is 3.93. The van der Waals surface area contributed by atoms with Gasteiger partial charge < -0.3 is 11.1 Å². The summed E-state index contributed by atoms with van der Waals surface area (Å²) in [5.41, 5.74) is 8.49. The maximum absolute atomic E-state index is 12.8. The number of carbonyl (C=O) groups excluding carboxylic acids is 1. The Labute approximate surface area is 174 Å². The Hall–Kier alpha value is -1.37. The van der Waals surface area contributed by atoms with Crippen molar-refractivity contribution in [2.75, 3.05) is 13.1 Å². The van der Waals surface area contributed by atoms with E-state index in [1.807, 2.05) is 17.7 Å². The second-order valence-corrected chi connectivity index (χ2v) is 7.87. The molecule has 8 heteroatoms. The number of nitrogens with two attached hydrogens (primary N) is 1. The Balaban J connectivity index is 0.00000338. The lowest BCUT2D eigenvalue weighted by Crippen LogP contribution is -2.26. The van der Waals surface area contributed by atoms with E-state index in [-0.39, 0.29) is 42.2 Å². The Morgan fingerprint density at radius 3 is 2.41 bits per heavy atom. The van der Waals surface area contributed by atoms with Gasteiger partial charge in [-0.2, -0.15) is 5.10 Å². The fraction of sp³-hybridized carbons (Fsp3) is 0.632. The molecule has 0 saturated carbocycles. The lowest BCUT2D eigenvalue weighted by Gasteiger charge is -2.20. The van der Waals surface area contributed by atoms with Crippen molar-refractivity contribution in [1.82, 2.24) is 20.1 Å². The van der Waals surface area contributed by atoms with Gasteiger partial charge in [-0.25, -0.2) is 9.67 Å². The molecular weight excluding hydrogens is 385 g/mol. The van der Waals surface area contributed by atoms with Crippen LogP contribution in [0.25, 0.3) is 11.0 Å². The molecule has 0 aliphatic carbocycles. The maximum atomic E-state index is 12.8. The topological polar surface area (TPSA) is 85.8 Å². The van der Waals surface area contributed by atoms with Crippen LogP contribution in [0.2, 0.25) is 0 Å². The van der Waals surface area contributed by atoms with Gasteiger partial charge in [0.15, 0.2) is 5.65 Å². The molecule has 1 amide bonds. The summed E-state index contributed by atoms with van der Waals surface area (Å²) in [6, 6.07) is 1.91. The van der Waals surface area contributed by atoms with Gasteiger partial charge in [-0.05, 0) is 59.1 Å². The van der Waals surface area contributed by atoms with Gasteiger partial charge in [0.2, 0.25) is 0 Å². The van der Waals surface area contributed by atoms with E-state index in [9.17, 15) is 4.79 Å². The smallest absolute Gasteiger partial charge is 0.252 e. The van der Waals surface area contributed by atoms with E-state index < -0.39 is 0 Å². The van der Waals surface area contributed by atoms with Crippen molar-refractivity contribution < 1.29 is 4.79 Å². The number of amides is 1. The van der Waals surface area contributed by atoms with Crippen molar-refractivity contribution in [3.05, 3.63) is 23.0 Å². The van der Waals surface area contributed by atoms with Crippen molar-refractivity contribution in [2.45, 2.75) is 65.8 Å². The van der Waals surface area contributed by atoms with Crippen LogP contribution in [0.1, 0.15) is 75.1 Å². The Morgan fingerprint density at radius 2 is 1.89 bits per heavy atom. The molecular formula is C19H33Cl2N5O. The van der Waals surface area contributed by atoms with Gasteiger partial charge in [-0.15, -0.1) is 24.8 Å². The van der Waals surface area contributed by atoms with Crippen LogP contribution in [-0.2, 0) is 5.54 Å². The van der Waals surface area contributed by atoms with E-state index >= 15 is 0 Å². The number of carbonyl (C=O) groups is 1. The van der Waals surface area contributed by atoms with Crippen molar-refractivity contribution in [2.24, 2.45) is 5.73 Å². The molecule has 154 valence electrons. The SMILES string of the molecule is Cc1nn(C(C)(C)C)c2nc(C(C)C)cc(C(=O)NCCCCN)c12.Cl.Cl. The van der Waals surface area contributed by atoms with Crippen LogP contribution in [0.3, 0.4) is 0 Å². The Kier molecular flexibility index (Phi) is 9.73. The van der Waals surface area contributed by atoms with Gasteiger partial charge in [0.1, 0.15) is 0 Å². The number of aryl methyl sites for hydroxylation is 1. The highest BCUT2D eigenvalue weighted by Gasteiger charge is 2.25. The number of hydrogen-bond donors (Lipinski definition) is 2. The minimum atomic E-state index is -0.204. The first-order valence-electron chi connectivity index (χ1n) is 9.05. The molecule has 3 N–H and O–H groups in total.